The number of carbonyl (C=O) groups excluding carboxylic acids is 1. The zero-order valence-corrected chi connectivity index (χ0v) is 10.7. The quantitative estimate of drug-likeness (QED) is 0.775. The van der Waals surface area contributed by atoms with Gasteiger partial charge in [-0.3, -0.25) is 0 Å². The molecule has 1 aliphatic carbocycles. The van der Waals surface area contributed by atoms with E-state index in [-0.39, 0.29) is 11.7 Å². The van der Waals surface area contributed by atoms with Gasteiger partial charge in [0.25, 0.3) is 0 Å². The van der Waals surface area contributed by atoms with Gasteiger partial charge in [-0.25, -0.2) is 9.18 Å². The van der Waals surface area contributed by atoms with Crippen LogP contribution in [0.3, 0.4) is 0 Å². The van der Waals surface area contributed by atoms with Gasteiger partial charge < -0.3 is 9.47 Å². The lowest BCUT2D eigenvalue weighted by Gasteiger charge is -2.16. The van der Waals surface area contributed by atoms with E-state index in [1.807, 2.05) is 0 Å². The molecule has 1 aromatic rings. The first-order valence-electron chi connectivity index (χ1n) is 6.17. The second kappa shape index (κ2) is 5.38. The Labute approximate surface area is 106 Å². The minimum absolute atomic E-state index is 0.0783. The van der Waals surface area contributed by atoms with Gasteiger partial charge in [-0.05, 0) is 50.3 Å². The predicted molar refractivity (Wildman–Crippen MR) is 65.4 cm³/mol. The van der Waals surface area contributed by atoms with Crippen molar-refractivity contribution in [3.8, 4) is 5.75 Å². The highest BCUT2D eigenvalue weighted by molar-refractivity contribution is 5.92. The maximum atomic E-state index is 13.8. The molecule has 18 heavy (non-hydrogen) atoms. The van der Waals surface area contributed by atoms with Gasteiger partial charge in [0.15, 0.2) is 0 Å². The summed E-state index contributed by atoms with van der Waals surface area (Å²) < 4.78 is 24.2. The molecule has 2 rings (SSSR count). The Morgan fingerprint density at radius 1 is 1.33 bits per heavy atom. The first-order chi connectivity index (χ1) is 8.61. The molecular weight excluding hydrogens is 235 g/mol. The second-order valence-corrected chi connectivity index (χ2v) is 4.64. The minimum atomic E-state index is -0.694. The van der Waals surface area contributed by atoms with Gasteiger partial charge in [0.2, 0.25) is 0 Å². The summed E-state index contributed by atoms with van der Waals surface area (Å²) in [5.74, 6) is -0.985. The first kappa shape index (κ1) is 12.9. The normalized spacial score (nSPS) is 15.7. The van der Waals surface area contributed by atoms with Gasteiger partial charge in [0.05, 0.1) is 13.2 Å². The van der Waals surface area contributed by atoms with Gasteiger partial charge in [-0.15, -0.1) is 0 Å². The van der Waals surface area contributed by atoms with E-state index < -0.39 is 11.8 Å². The Kier molecular flexibility index (Phi) is 3.84. The molecule has 0 spiro atoms. The highest BCUT2D eigenvalue weighted by atomic mass is 19.1. The molecule has 1 aromatic carbocycles. The van der Waals surface area contributed by atoms with Crippen LogP contribution in [0.2, 0.25) is 0 Å². The van der Waals surface area contributed by atoms with Crippen LogP contribution in [0.1, 0.15) is 41.6 Å². The van der Waals surface area contributed by atoms with Crippen LogP contribution < -0.4 is 4.74 Å². The molecule has 0 bridgehead atoms. The molecule has 1 fully saturated rings. The van der Waals surface area contributed by atoms with Crippen molar-refractivity contribution < 1.29 is 18.7 Å². The average molecular weight is 252 g/mol. The summed E-state index contributed by atoms with van der Waals surface area (Å²) in [6, 6.07) is 3.00. The third-order valence-corrected chi connectivity index (χ3v) is 3.18. The third-order valence-electron chi connectivity index (χ3n) is 3.18. The number of hydrogen-bond donors (Lipinski definition) is 0. The largest absolute Gasteiger partial charge is 0.489 e. The van der Waals surface area contributed by atoms with Gasteiger partial charge in [-0.1, -0.05) is 0 Å². The van der Waals surface area contributed by atoms with E-state index in [0.29, 0.717) is 5.75 Å². The summed E-state index contributed by atoms with van der Waals surface area (Å²) in [7, 11) is 1.24. The third kappa shape index (κ3) is 2.63. The lowest BCUT2D eigenvalue weighted by atomic mass is 10.1. The molecule has 0 saturated heterocycles. The Morgan fingerprint density at radius 3 is 2.61 bits per heavy atom. The van der Waals surface area contributed by atoms with E-state index in [0.717, 1.165) is 31.2 Å². The standard InChI is InChI=1S/C14H17FO3/c1-9-7-11(15)13(14(16)17-2)12(8-9)18-10-5-3-4-6-10/h7-8,10H,3-6H2,1-2H3. The molecule has 1 aliphatic rings. The highest BCUT2D eigenvalue weighted by Gasteiger charge is 2.23. The van der Waals surface area contributed by atoms with E-state index in [2.05, 4.69) is 4.74 Å². The molecule has 0 aliphatic heterocycles. The van der Waals surface area contributed by atoms with Crippen molar-refractivity contribution >= 4 is 5.97 Å². The van der Waals surface area contributed by atoms with Crippen LogP contribution in [0.5, 0.6) is 5.75 Å². The number of benzene rings is 1. The predicted octanol–water partition coefficient (Wildman–Crippen LogP) is 3.24. The Hall–Kier alpha value is -1.58. The van der Waals surface area contributed by atoms with Gasteiger partial charge in [0, 0.05) is 0 Å². The Balaban J connectivity index is 2.33. The van der Waals surface area contributed by atoms with E-state index >= 15 is 0 Å². The van der Waals surface area contributed by atoms with E-state index in [4.69, 9.17) is 4.74 Å². The molecule has 0 unspecified atom stereocenters. The van der Waals surface area contributed by atoms with Crippen molar-refractivity contribution in [1.82, 2.24) is 0 Å². The monoisotopic (exact) mass is 252 g/mol. The lowest BCUT2D eigenvalue weighted by Crippen LogP contribution is -2.15. The summed E-state index contributed by atoms with van der Waals surface area (Å²) in [5.41, 5.74) is 0.628. The number of rotatable bonds is 3. The number of aryl methyl sites for hydroxylation is 1. The number of carbonyl (C=O) groups is 1. The molecule has 4 heteroatoms. The summed E-state index contributed by atoms with van der Waals surface area (Å²) in [5, 5.41) is 0. The molecule has 0 aromatic heterocycles. The maximum Gasteiger partial charge on any atom is 0.344 e. The zero-order valence-electron chi connectivity index (χ0n) is 10.7. The van der Waals surface area contributed by atoms with Crippen LogP contribution in [-0.4, -0.2) is 19.2 Å². The number of ether oxygens (including phenoxy) is 2. The van der Waals surface area contributed by atoms with Gasteiger partial charge in [-0.2, -0.15) is 0 Å². The number of esters is 1. The van der Waals surface area contributed by atoms with Gasteiger partial charge in [0.1, 0.15) is 17.1 Å². The number of methoxy groups -OCH3 is 1. The van der Waals surface area contributed by atoms with Crippen molar-refractivity contribution in [1.29, 1.82) is 0 Å². The zero-order chi connectivity index (χ0) is 13.1. The molecule has 3 nitrogen and oxygen atoms in total. The molecule has 0 atom stereocenters. The SMILES string of the molecule is COC(=O)c1c(F)cc(C)cc1OC1CCCC1. The first-order valence-corrected chi connectivity index (χ1v) is 6.17. The van der Waals surface area contributed by atoms with Crippen LogP contribution in [0.15, 0.2) is 12.1 Å². The smallest absolute Gasteiger partial charge is 0.344 e. The minimum Gasteiger partial charge on any atom is -0.489 e. The molecule has 0 heterocycles. The van der Waals surface area contributed by atoms with Crippen LogP contribution in [0.4, 0.5) is 4.39 Å². The van der Waals surface area contributed by atoms with Crippen molar-refractivity contribution in [2.45, 2.75) is 38.7 Å². The summed E-state index contributed by atoms with van der Waals surface area (Å²) in [6.45, 7) is 1.77. The number of hydrogen-bond acceptors (Lipinski definition) is 3. The van der Waals surface area contributed by atoms with Crippen molar-refractivity contribution in [3.05, 3.63) is 29.1 Å². The average Bonchev–Trinajstić information content (AvgIpc) is 2.80. The molecule has 98 valence electrons. The summed E-state index contributed by atoms with van der Waals surface area (Å²) in [4.78, 5) is 11.6. The highest BCUT2D eigenvalue weighted by Crippen LogP contribution is 2.29. The van der Waals surface area contributed by atoms with Gasteiger partial charge >= 0.3 is 5.97 Å². The topological polar surface area (TPSA) is 35.5 Å². The number of halogens is 1. The fourth-order valence-electron chi connectivity index (χ4n) is 2.29. The Bertz CT molecular complexity index is 451. The molecule has 0 N–H and O–H groups in total. The molecule has 1 saturated carbocycles. The second-order valence-electron chi connectivity index (χ2n) is 4.64. The maximum absolute atomic E-state index is 13.8. The van der Waals surface area contributed by atoms with Crippen molar-refractivity contribution in [2.75, 3.05) is 7.11 Å². The van der Waals surface area contributed by atoms with Crippen LogP contribution in [0.25, 0.3) is 0 Å². The van der Waals surface area contributed by atoms with E-state index in [9.17, 15) is 9.18 Å². The van der Waals surface area contributed by atoms with Crippen molar-refractivity contribution in [2.24, 2.45) is 0 Å². The molecule has 0 radical (unpaired) electrons. The fraction of sp³-hybridized carbons (Fsp3) is 0.500. The summed E-state index contributed by atoms with van der Waals surface area (Å²) in [6.07, 6.45) is 4.22. The van der Waals surface area contributed by atoms with Crippen LogP contribution in [0, 0.1) is 12.7 Å². The van der Waals surface area contributed by atoms with E-state index in [1.54, 1.807) is 13.0 Å². The van der Waals surface area contributed by atoms with Crippen LogP contribution in [-0.2, 0) is 4.74 Å². The Morgan fingerprint density at radius 2 is 2.00 bits per heavy atom. The fourth-order valence-corrected chi connectivity index (χ4v) is 2.29. The van der Waals surface area contributed by atoms with E-state index in [1.165, 1.54) is 13.2 Å². The molecule has 0 amide bonds. The summed E-state index contributed by atoms with van der Waals surface area (Å²) >= 11 is 0. The van der Waals surface area contributed by atoms with Crippen molar-refractivity contribution in [3.63, 3.8) is 0 Å². The van der Waals surface area contributed by atoms with Crippen LogP contribution >= 0.6 is 0 Å². The lowest BCUT2D eigenvalue weighted by molar-refractivity contribution is 0.0587. The molecular formula is C14H17FO3.